The maximum Gasteiger partial charge on any atom is 0.301 e. The summed E-state index contributed by atoms with van der Waals surface area (Å²) in [7, 11) is 0. The Balaban J connectivity index is 1.60. The van der Waals surface area contributed by atoms with Gasteiger partial charge in [-0.05, 0) is 31.2 Å². The Hall–Kier alpha value is -3.76. The molecule has 32 heavy (non-hydrogen) atoms. The van der Waals surface area contributed by atoms with Gasteiger partial charge in [0.05, 0.1) is 11.4 Å². The first-order valence-electron chi connectivity index (χ1n) is 9.53. The highest BCUT2D eigenvalue weighted by Crippen LogP contribution is 2.30. The fraction of sp³-hybridized carbons (Fsp3) is 0.0455. The molecule has 5 rings (SSSR count). The molecule has 7 nitrogen and oxygen atoms in total. The van der Waals surface area contributed by atoms with E-state index in [9.17, 15) is 9.18 Å². The molecular weight excluding hydrogens is 447 g/mol. The Morgan fingerprint density at radius 3 is 2.47 bits per heavy atom. The molecule has 0 saturated heterocycles. The van der Waals surface area contributed by atoms with Crippen molar-refractivity contribution in [3.63, 3.8) is 0 Å². The Labute approximate surface area is 189 Å². The molecule has 3 heterocycles. The van der Waals surface area contributed by atoms with Crippen LogP contribution in [-0.4, -0.2) is 19.7 Å². The molecule has 0 spiro atoms. The van der Waals surface area contributed by atoms with Crippen LogP contribution in [0.15, 0.2) is 80.5 Å². The minimum Gasteiger partial charge on any atom is -0.286 e. The van der Waals surface area contributed by atoms with E-state index in [4.69, 9.17) is 0 Å². The summed E-state index contributed by atoms with van der Waals surface area (Å²) in [5, 5.41) is 16.0. The predicted molar refractivity (Wildman–Crippen MR) is 124 cm³/mol. The molecule has 2 aromatic carbocycles. The van der Waals surface area contributed by atoms with Crippen LogP contribution in [0.4, 0.5) is 15.2 Å². The number of aryl methyl sites for hydroxylation is 1. The molecular formula is C22H15FN6OS2. The van der Waals surface area contributed by atoms with Crippen molar-refractivity contribution in [2.75, 3.05) is 0 Å². The van der Waals surface area contributed by atoms with E-state index in [0.29, 0.717) is 21.7 Å². The first-order chi connectivity index (χ1) is 15.6. The van der Waals surface area contributed by atoms with Crippen molar-refractivity contribution in [2.24, 2.45) is 10.2 Å². The number of azo groups is 1. The van der Waals surface area contributed by atoms with Crippen molar-refractivity contribution in [1.82, 2.24) is 19.7 Å². The number of thiazole rings is 2. The summed E-state index contributed by atoms with van der Waals surface area (Å²) in [6, 6.07) is 13.8. The SMILES string of the molecule is Cc1ccc(-c2[nH]n(-c3nc(-c4ccc(F)cc4)cs3)c(=O)c2N=Nc2nccs2)cc1. The molecule has 0 bridgehead atoms. The van der Waals surface area contributed by atoms with Crippen LogP contribution in [0.3, 0.4) is 0 Å². The summed E-state index contributed by atoms with van der Waals surface area (Å²) >= 11 is 2.62. The fourth-order valence-corrected chi connectivity index (χ4v) is 4.30. The number of hydrogen-bond donors (Lipinski definition) is 1. The summed E-state index contributed by atoms with van der Waals surface area (Å²) < 4.78 is 14.6. The highest BCUT2D eigenvalue weighted by molar-refractivity contribution is 7.13. The van der Waals surface area contributed by atoms with Crippen LogP contribution in [0, 0.1) is 12.7 Å². The largest absolute Gasteiger partial charge is 0.301 e. The van der Waals surface area contributed by atoms with Gasteiger partial charge in [0, 0.05) is 28.1 Å². The van der Waals surface area contributed by atoms with Gasteiger partial charge in [-0.15, -0.1) is 32.9 Å². The lowest BCUT2D eigenvalue weighted by Crippen LogP contribution is -2.13. The van der Waals surface area contributed by atoms with E-state index in [-0.39, 0.29) is 17.1 Å². The number of nitrogens with zero attached hydrogens (tertiary/aromatic N) is 5. The third kappa shape index (κ3) is 3.93. The molecule has 1 N–H and O–H groups in total. The van der Waals surface area contributed by atoms with Gasteiger partial charge in [-0.3, -0.25) is 9.89 Å². The summed E-state index contributed by atoms with van der Waals surface area (Å²) in [6.07, 6.45) is 1.63. The van der Waals surface area contributed by atoms with Gasteiger partial charge in [-0.25, -0.2) is 14.4 Å². The van der Waals surface area contributed by atoms with Gasteiger partial charge in [0.2, 0.25) is 10.3 Å². The smallest absolute Gasteiger partial charge is 0.286 e. The fourth-order valence-electron chi connectivity index (χ4n) is 3.06. The van der Waals surface area contributed by atoms with Crippen LogP contribution >= 0.6 is 22.7 Å². The Morgan fingerprint density at radius 2 is 1.75 bits per heavy atom. The van der Waals surface area contributed by atoms with Crippen molar-refractivity contribution >= 4 is 33.5 Å². The van der Waals surface area contributed by atoms with Crippen LogP contribution in [0.2, 0.25) is 0 Å². The number of hydrogen-bond acceptors (Lipinski definition) is 7. The molecule has 0 radical (unpaired) electrons. The summed E-state index contributed by atoms with van der Waals surface area (Å²) in [5.74, 6) is -0.317. The van der Waals surface area contributed by atoms with Gasteiger partial charge < -0.3 is 0 Å². The molecule has 158 valence electrons. The van der Waals surface area contributed by atoms with E-state index in [1.165, 1.54) is 39.5 Å². The van der Waals surface area contributed by atoms with Gasteiger partial charge in [0.25, 0.3) is 0 Å². The van der Waals surface area contributed by atoms with E-state index in [2.05, 4.69) is 25.3 Å². The molecule has 0 atom stereocenters. The average molecular weight is 463 g/mol. The lowest BCUT2D eigenvalue weighted by molar-refractivity contribution is 0.628. The zero-order valence-electron chi connectivity index (χ0n) is 16.7. The van der Waals surface area contributed by atoms with E-state index in [0.717, 1.165) is 16.7 Å². The third-order valence-electron chi connectivity index (χ3n) is 4.68. The second kappa shape index (κ2) is 8.40. The van der Waals surface area contributed by atoms with Crippen molar-refractivity contribution < 1.29 is 4.39 Å². The van der Waals surface area contributed by atoms with Crippen LogP contribution in [0.25, 0.3) is 27.6 Å². The summed E-state index contributed by atoms with van der Waals surface area (Å²) in [5.41, 5.74) is 3.64. The standard InChI is InChI=1S/C22H15FN6OS2/c1-13-2-4-15(5-3-13)18-19(26-27-21-24-10-11-31-21)20(30)29(28-18)22-25-17(12-32-22)14-6-8-16(23)9-7-14/h2-12,28H,1H3. The number of H-pyrrole nitrogens is 1. The maximum atomic E-state index is 13.3. The Kier molecular flexibility index (Phi) is 5.29. The van der Waals surface area contributed by atoms with Gasteiger partial charge in [-0.1, -0.05) is 29.8 Å². The predicted octanol–water partition coefficient (Wildman–Crippen LogP) is 6.28. The second-order valence-electron chi connectivity index (χ2n) is 6.88. The normalized spacial score (nSPS) is 11.4. The van der Waals surface area contributed by atoms with Crippen molar-refractivity contribution in [1.29, 1.82) is 0 Å². The lowest BCUT2D eigenvalue weighted by Gasteiger charge is -2.00. The van der Waals surface area contributed by atoms with Gasteiger partial charge in [0.1, 0.15) is 5.82 Å². The van der Waals surface area contributed by atoms with Crippen LogP contribution < -0.4 is 5.56 Å². The number of rotatable bonds is 5. The first kappa shape index (κ1) is 20.2. The van der Waals surface area contributed by atoms with Gasteiger partial charge >= 0.3 is 5.56 Å². The molecule has 0 aliphatic rings. The van der Waals surface area contributed by atoms with E-state index >= 15 is 0 Å². The van der Waals surface area contributed by atoms with Crippen LogP contribution in [0.5, 0.6) is 0 Å². The lowest BCUT2D eigenvalue weighted by atomic mass is 10.1. The quantitative estimate of drug-likeness (QED) is 0.312. The molecule has 0 unspecified atom stereocenters. The third-order valence-corrected chi connectivity index (χ3v) is 6.17. The van der Waals surface area contributed by atoms with Crippen LogP contribution in [0.1, 0.15) is 5.56 Å². The number of aromatic amines is 1. The molecule has 3 aromatic heterocycles. The molecule has 0 aliphatic carbocycles. The minimum atomic E-state index is -0.374. The summed E-state index contributed by atoms with van der Waals surface area (Å²) in [4.78, 5) is 21.9. The molecule has 0 aliphatic heterocycles. The van der Waals surface area contributed by atoms with Gasteiger partial charge in [0.15, 0.2) is 5.69 Å². The minimum absolute atomic E-state index is 0.169. The molecule has 0 amide bonds. The van der Waals surface area contributed by atoms with Crippen LogP contribution in [-0.2, 0) is 0 Å². The zero-order chi connectivity index (χ0) is 22.1. The average Bonchev–Trinajstić information content (AvgIpc) is 3.54. The second-order valence-corrected chi connectivity index (χ2v) is 8.59. The van der Waals surface area contributed by atoms with Crippen molar-refractivity contribution in [2.45, 2.75) is 6.92 Å². The van der Waals surface area contributed by atoms with Crippen molar-refractivity contribution in [3.05, 3.63) is 87.2 Å². The Morgan fingerprint density at radius 1 is 1.00 bits per heavy atom. The molecule has 0 saturated carbocycles. The highest BCUT2D eigenvalue weighted by Gasteiger charge is 2.19. The first-order valence-corrected chi connectivity index (χ1v) is 11.3. The van der Waals surface area contributed by atoms with E-state index in [1.807, 2.05) is 36.6 Å². The maximum absolute atomic E-state index is 13.3. The molecule has 10 heteroatoms. The zero-order valence-corrected chi connectivity index (χ0v) is 18.3. The van der Waals surface area contributed by atoms with E-state index < -0.39 is 0 Å². The number of halogens is 1. The number of aromatic nitrogens is 4. The van der Waals surface area contributed by atoms with Crippen molar-refractivity contribution in [3.8, 4) is 27.6 Å². The monoisotopic (exact) mass is 462 g/mol. The molecule has 0 fully saturated rings. The van der Waals surface area contributed by atoms with Gasteiger partial charge in [-0.2, -0.15) is 4.68 Å². The number of nitrogens with one attached hydrogen (secondary N) is 1. The number of benzene rings is 2. The highest BCUT2D eigenvalue weighted by atomic mass is 32.1. The molecule has 5 aromatic rings. The topological polar surface area (TPSA) is 88.3 Å². The Bertz CT molecular complexity index is 1450. The summed E-state index contributed by atoms with van der Waals surface area (Å²) in [6.45, 7) is 1.99. The van der Waals surface area contributed by atoms with E-state index in [1.54, 1.807) is 23.7 Å².